The van der Waals surface area contributed by atoms with E-state index in [-0.39, 0.29) is 11.6 Å². The van der Waals surface area contributed by atoms with Gasteiger partial charge in [-0.15, -0.1) is 0 Å². The van der Waals surface area contributed by atoms with E-state index in [1.54, 1.807) is 29.6 Å². The number of hydrogen-bond donors (Lipinski definition) is 2. The van der Waals surface area contributed by atoms with Gasteiger partial charge in [0.05, 0.1) is 11.6 Å². The molecule has 190 valence electrons. The summed E-state index contributed by atoms with van der Waals surface area (Å²) in [7, 11) is 0. The van der Waals surface area contributed by atoms with E-state index >= 15 is 4.39 Å². The topological polar surface area (TPSA) is 83.0 Å². The molecule has 1 aliphatic heterocycles. The molecule has 2 aromatic carbocycles. The van der Waals surface area contributed by atoms with Gasteiger partial charge in [-0.05, 0) is 73.7 Å². The minimum absolute atomic E-state index is 0.00230. The minimum atomic E-state index is -0.612. The third-order valence-electron chi connectivity index (χ3n) is 7.05. The van der Waals surface area contributed by atoms with Crippen molar-refractivity contribution in [3.8, 4) is 0 Å². The van der Waals surface area contributed by atoms with Crippen LogP contribution >= 0.6 is 0 Å². The maximum atomic E-state index is 15.6. The SMILES string of the molecule is Cc1cccc2ccnc(N(C(=O)c3ccc(Nc4nccc5cccnc45)cc3F)[C@@H]3CCCNC3)c12. The number of pyridine rings is 3. The number of nitrogens with one attached hydrogen (secondary N) is 2. The van der Waals surface area contributed by atoms with Gasteiger partial charge in [-0.3, -0.25) is 14.7 Å². The summed E-state index contributed by atoms with van der Waals surface area (Å²) < 4.78 is 15.6. The maximum absolute atomic E-state index is 15.6. The molecule has 1 fully saturated rings. The molecule has 5 aromatic rings. The molecule has 1 atom stereocenters. The van der Waals surface area contributed by atoms with Crippen molar-refractivity contribution in [2.24, 2.45) is 0 Å². The quantitative estimate of drug-likeness (QED) is 0.315. The van der Waals surface area contributed by atoms with Crippen molar-refractivity contribution in [1.82, 2.24) is 20.3 Å². The fourth-order valence-corrected chi connectivity index (χ4v) is 5.19. The number of rotatable bonds is 5. The second-order valence-electron chi connectivity index (χ2n) is 9.54. The lowest BCUT2D eigenvalue weighted by atomic mass is 10.0. The number of aryl methyl sites for hydroxylation is 1. The normalized spacial score (nSPS) is 15.5. The molecule has 0 bridgehead atoms. The molecule has 2 N–H and O–H groups in total. The molecule has 3 aromatic heterocycles. The zero-order valence-corrected chi connectivity index (χ0v) is 21.0. The van der Waals surface area contributed by atoms with Gasteiger partial charge in [-0.2, -0.15) is 0 Å². The monoisotopic (exact) mass is 506 g/mol. The molecule has 0 radical (unpaired) electrons. The number of anilines is 3. The average Bonchev–Trinajstić information content (AvgIpc) is 2.94. The summed E-state index contributed by atoms with van der Waals surface area (Å²) >= 11 is 0. The van der Waals surface area contributed by atoms with E-state index in [4.69, 9.17) is 0 Å². The zero-order chi connectivity index (χ0) is 26.1. The Kier molecular flexibility index (Phi) is 6.39. The van der Waals surface area contributed by atoms with Gasteiger partial charge in [-0.1, -0.05) is 24.3 Å². The number of carbonyl (C=O) groups is 1. The summed E-state index contributed by atoms with van der Waals surface area (Å²) in [5.74, 6) is 0.0636. The van der Waals surface area contributed by atoms with E-state index in [2.05, 4.69) is 25.6 Å². The number of piperidine rings is 1. The number of amides is 1. The van der Waals surface area contributed by atoms with Crippen molar-refractivity contribution in [1.29, 1.82) is 0 Å². The average molecular weight is 507 g/mol. The summed E-state index contributed by atoms with van der Waals surface area (Å²) in [5, 5.41) is 9.35. The van der Waals surface area contributed by atoms with Crippen molar-refractivity contribution < 1.29 is 9.18 Å². The van der Waals surface area contributed by atoms with Gasteiger partial charge >= 0.3 is 0 Å². The van der Waals surface area contributed by atoms with Gasteiger partial charge < -0.3 is 10.6 Å². The van der Waals surface area contributed by atoms with Crippen LogP contribution in [0, 0.1) is 12.7 Å². The Labute approximate surface area is 219 Å². The first-order valence-electron chi connectivity index (χ1n) is 12.7. The molecule has 0 unspecified atom stereocenters. The third kappa shape index (κ3) is 4.43. The number of hydrogen-bond acceptors (Lipinski definition) is 6. The number of halogens is 1. The molecule has 38 heavy (non-hydrogen) atoms. The second-order valence-corrected chi connectivity index (χ2v) is 9.54. The molecular formula is C30H27FN6O. The lowest BCUT2D eigenvalue weighted by molar-refractivity contribution is 0.0968. The van der Waals surface area contributed by atoms with Gasteiger partial charge in [-0.25, -0.2) is 14.4 Å². The number of fused-ring (bicyclic) bond motifs is 2. The highest BCUT2D eigenvalue weighted by Gasteiger charge is 2.31. The Morgan fingerprint density at radius 1 is 1.00 bits per heavy atom. The molecule has 8 heteroatoms. The predicted octanol–water partition coefficient (Wildman–Crippen LogP) is 5.77. The Morgan fingerprint density at radius 2 is 1.84 bits per heavy atom. The fourth-order valence-electron chi connectivity index (χ4n) is 5.19. The summed E-state index contributed by atoms with van der Waals surface area (Å²) in [4.78, 5) is 29.1. The first kappa shape index (κ1) is 23.9. The molecule has 1 aliphatic rings. The van der Waals surface area contributed by atoms with Gasteiger partial charge in [0.25, 0.3) is 5.91 Å². The van der Waals surface area contributed by atoms with Crippen LogP contribution in [0.1, 0.15) is 28.8 Å². The summed E-state index contributed by atoms with van der Waals surface area (Å²) in [5.41, 5.74) is 2.18. The van der Waals surface area contributed by atoms with E-state index in [1.807, 2.05) is 49.4 Å². The molecule has 7 nitrogen and oxygen atoms in total. The molecule has 0 aliphatic carbocycles. The van der Waals surface area contributed by atoms with E-state index in [0.29, 0.717) is 29.4 Å². The first-order chi connectivity index (χ1) is 18.6. The van der Waals surface area contributed by atoms with Crippen molar-refractivity contribution in [3.63, 3.8) is 0 Å². The van der Waals surface area contributed by atoms with E-state index in [0.717, 1.165) is 41.1 Å². The van der Waals surface area contributed by atoms with Crippen molar-refractivity contribution in [2.45, 2.75) is 25.8 Å². The van der Waals surface area contributed by atoms with E-state index in [1.165, 1.54) is 12.1 Å². The van der Waals surface area contributed by atoms with Crippen LogP contribution in [0.15, 0.2) is 79.3 Å². The molecule has 1 saturated heterocycles. The maximum Gasteiger partial charge on any atom is 0.262 e. The molecule has 0 saturated carbocycles. The molecule has 0 spiro atoms. The minimum Gasteiger partial charge on any atom is -0.338 e. The zero-order valence-electron chi connectivity index (χ0n) is 21.0. The standard InChI is InChI=1S/C30H27FN6O/c1-19-5-2-6-20-11-16-35-29(26(19)20)37(23-8-4-13-32-18-23)30(38)24-10-9-22(17-25(24)31)36-28-27-21(12-15-34-28)7-3-14-33-27/h2-3,5-7,9-12,14-17,23,32H,4,8,13,18H2,1H3,(H,34,36)/t23-/m1/s1. The molecule has 6 rings (SSSR count). The van der Waals surface area contributed by atoms with Crippen LogP contribution in [0.2, 0.25) is 0 Å². The number of nitrogens with zero attached hydrogens (tertiary/aromatic N) is 4. The molecule has 1 amide bonds. The van der Waals surface area contributed by atoms with Gasteiger partial charge in [0.15, 0.2) is 5.82 Å². The Morgan fingerprint density at radius 3 is 2.68 bits per heavy atom. The summed E-state index contributed by atoms with van der Waals surface area (Å²) in [6.45, 7) is 3.52. The van der Waals surface area contributed by atoms with Gasteiger partial charge in [0, 0.05) is 41.6 Å². The van der Waals surface area contributed by atoms with Crippen molar-refractivity contribution in [2.75, 3.05) is 23.3 Å². The molecule has 4 heterocycles. The second kappa shape index (κ2) is 10.1. The third-order valence-corrected chi connectivity index (χ3v) is 7.05. The van der Waals surface area contributed by atoms with Crippen LogP contribution in [-0.2, 0) is 0 Å². The Hall–Kier alpha value is -4.43. The van der Waals surface area contributed by atoms with Crippen LogP contribution in [-0.4, -0.2) is 40.0 Å². The van der Waals surface area contributed by atoms with Gasteiger partial charge in [0.2, 0.25) is 0 Å². The van der Waals surface area contributed by atoms with Crippen molar-refractivity contribution >= 4 is 44.9 Å². The number of carbonyl (C=O) groups excluding carboxylic acids is 1. The highest BCUT2D eigenvalue weighted by molar-refractivity contribution is 6.11. The highest BCUT2D eigenvalue weighted by Crippen LogP contribution is 2.32. The lowest BCUT2D eigenvalue weighted by Gasteiger charge is -2.35. The summed E-state index contributed by atoms with van der Waals surface area (Å²) in [6, 6.07) is 18.0. The first-order valence-corrected chi connectivity index (χ1v) is 12.7. The fraction of sp³-hybridized carbons (Fsp3) is 0.200. The summed E-state index contributed by atoms with van der Waals surface area (Å²) in [6.07, 6.45) is 6.81. The Bertz CT molecular complexity index is 1640. The van der Waals surface area contributed by atoms with Crippen LogP contribution < -0.4 is 15.5 Å². The van der Waals surface area contributed by atoms with E-state index < -0.39 is 11.7 Å². The highest BCUT2D eigenvalue weighted by atomic mass is 19.1. The van der Waals surface area contributed by atoms with Crippen LogP contribution in [0.4, 0.5) is 21.7 Å². The number of aromatic nitrogens is 3. The van der Waals surface area contributed by atoms with E-state index in [9.17, 15) is 4.79 Å². The predicted molar refractivity (Wildman–Crippen MR) is 148 cm³/mol. The molecular weight excluding hydrogens is 479 g/mol. The van der Waals surface area contributed by atoms with Crippen LogP contribution in [0.25, 0.3) is 21.7 Å². The Balaban J connectivity index is 1.38. The largest absolute Gasteiger partial charge is 0.338 e. The van der Waals surface area contributed by atoms with Crippen LogP contribution in [0.3, 0.4) is 0 Å². The number of benzene rings is 2. The van der Waals surface area contributed by atoms with Crippen LogP contribution in [0.5, 0.6) is 0 Å². The van der Waals surface area contributed by atoms with Crippen molar-refractivity contribution in [3.05, 3.63) is 96.2 Å². The lowest BCUT2D eigenvalue weighted by Crippen LogP contribution is -2.49. The smallest absolute Gasteiger partial charge is 0.262 e. The van der Waals surface area contributed by atoms with Gasteiger partial charge in [0.1, 0.15) is 17.2 Å².